The van der Waals surface area contributed by atoms with E-state index in [2.05, 4.69) is 10.4 Å². The molecule has 0 unspecified atom stereocenters. The second kappa shape index (κ2) is 6.78. The molecule has 0 spiro atoms. The second-order valence-corrected chi connectivity index (χ2v) is 4.41. The van der Waals surface area contributed by atoms with Gasteiger partial charge in [0.05, 0.1) is 6.21 Å². The molecule has 2 N–H and O–H groups in total. The van der Waals surface area contributed by atoms with Crippen LogP contribution in [0.25, 0.3) is 16.6 Å². The Hall–Kier alpha value is -2.09. The fraction of sp³-hybridized carbons (Fsp3) is 0.0714. The van der Waals surface area contributed by atoms with E-state index >= 15 is 0 Å². The van der Waals surface area contributed by atoms with Gasteiger partial charge in [0.25, 0.3) is 0 Å². The monoisotopic (exact) mass is 306 g/mol. The number of nitrogens with zero attached hydrogens (tertiary/aromatic N) is 3. The molecule has 0 atom stereocenters. The fourth-order valence-electron chi connectivity index (χ4n) is 1.84. The third-order valence-electron chi connectivity index (χ3n) is 2.87. The van der Waals surface area contributed by atoms with Crippen molar-refractivity contribution in [1.29, 1.82) is 0 Å². The Kier molecular flexibility index (Phi) is 5.02. The van der Waals surface area contributed by atoms with Crippen LogP contribution in [-0.4, -0.2) is 29.7 Å². The molecule has 7 nitrogen and oxygen atoms in total. The van der Waals surface area contributed by atoms with Gasteiger partial charge in [0.15, 0.2) is 11.9 Å². The SMILES string of the molecule is Nc1ccc(-c2ccc(C=NN3CC(=O)[N-]C3=O)o2)cc1.[Na+]. The maximum Gasteiger partial charge on any atom is 1.00 e. The predicted octanol–water partition coefficient (Wildman–Crippen LogP) is -0.797. The van der Waals surface area contributed by atoms with Crippen LogP contribution in [0.2, 0.25) is 0 Å². The Morgan fingerprint density at radius 3 is 2.55 bits per heavy atom. The Bertz CT molecular complexity index is 724. The van der Waals surface area contributed by atoms with Gasteiger partial charge in [-0.15, -0.1) is 0 Å². The summed E-state index contributed by atoms with van der Waals surface area (Å²) in [6.45, 7) is -0.138. The topological polar surface area (TPSA) is 103 Å². The average Bonchev–Trinajstić information content (AvgIpc) is 3.04. The number of furan rings is 1. The van der Waals surface area contributed by atoms with Crippen LogP contribution in [0.1, 0.15) is 5.76 Å². The Morgan fingerprint density at radius 2 is 1.91 bits per heavy atom. The minimum absolute atomic E-state index is 0. The third kappa shape index (κ3) is 3.56. The van der Waals surface area contributed by atoms with Crippen LogP contribution in [0, 0.1) is 0 Å². The molecule has 2 heterocycles. The van der Waals surface area contributed by atoms with E-state index in [1.807, 2.05) is 12.1 Å². The fourth-order valence-corrected chi connectivity index (χ4v) is 1.84. The van der Waals surface area contributed by atoms with Crippen molar-refractivity contribution < 1.29 is 43.6 Å². The molecule has 3 amide bonds. The summed E-state index contributed by atoms with van der Waals surface area (Å²) in [5, 5.41) is 8.09. The molecule has 1 saturated heterocycles. The average molecular weight is 306 g/mol. The maximum atomic E-state index is 11.2. The van der Waals surface area contributed by atoms with Gasteiger partial charge in [0, 0.05) is 17.8 Å². The number of hydrogen-bond acceptors (Lipinski definition) is 5. The number of amides is 3. The number of carbonyl (C=O) groups excluding carboxylic acids is 2. The van der Waals surface area contributed by atoms with Crippen molar-refractivity contribution in [2.24, 2.45) is 5.10 Å². The van der Waals surface area contributed by atoms with Crippen molar-refractivity contribution >= 4 is 23.8 Å². The molecule has 1 aliphatic rings. The van der Waals surface area contributed by atoms with E-state index in [0.717, 1.165) is 10.6 Å². The molecular weight excluding hydrogens is 295 g/mol. The van der Waals surface area contributed by atoms with Gasteiger partial charge in [-0.1, -0.05) is 0 Å². The van der Waals surface area contributed by atoms with Crippen LogP contribution in [0.3, 0.4) is 0 Å². The van der Waals surface area contributed by atoms with Crippen LogP contribution in [0.5, 0.6) is 0 Å². The molecule has 1 aromatic carbocycles. The zero-order valence-electron chi connectivity index (χ0n) is 11.9. The van der Waals surface area contributed by atoms with Crippen molar-refractivity contribution in [1.82, 2.24) is 5.01 Å². The van der Waals surface area contributed by atoms with E-state index in [1.54, 1.807) is 24.3 Å². The summed E-state index contributed by atoms with van der Waals surface area (Å²) in [6, 6.07) is 10.1. The first-order valence-electron chi connectivity index (χ1n) is 6.17. The van der Waals surface area contributed by atoms with Gasteiger partial charge >= 0.3 is 29.6 Å². The predicted molar refractivity (Wildman–Crippen MR) is 76.6 cm³/mol. The van der Waals surface area contributed by atoms with Gasteiger partial charge < -0.3 is 20.5 Å². The van der Waals surface area contributed by atoms with Crippen molar-refractivity contribution in [3.8, 4) is 11.3 Å². The summed E-state index contributed by atoms with van der Waals surface area (Å²) < 4.78 is 5.59. The molecule has 22 heavy (non-hydrogen) atoms. The van der Waals surface area contributed by atoms with E-state index in [1.165, 1.54) is 6.21 Å². The number of nitrogen functional groups attached to an aromatic ring is 1. The Labute approximate surface area is 148 Å². The van der Waals surface area contributed by atoms with Gasteiger partial charge in [-0.2, -0.15) is 0 Å². The standard InChI is InChI=1S/C14H12N4O3.Na/c15-10-3-1-9(2-4-10)12-6-5-11(21-12)7-16-18-8-13(19)17-14(18)20;/h1-7H,8H2,(H3,15,16,17,19,20);/q;+1/p-1. The van der Waals surface area contributed by atoms with E-state index < -0.39 is 11.9 Å². The van der Waals surface area contributed by atoms with E-state index in [9.17, 15) is 9.59 Å². The molecule has 0 bridgehead atoms. The number of nitrogens with two attached hydrogens (primary N) is 1. The van der Waals surface area contributed by atoms with Gasteiger partial charge in [-0.25, -0.2) is 0 Å². The number of rotatable bonds is 3. The number of benzene rings is 1. The number of carbonyl (C=O) groups is 2. The third-order valence-corrected chi connectivity index (χ3v) is 2.87. The number of imide groups is 1. The molecule has 0 saturated carbocycles. The largest absolute Gasteiger partial charge is 1.00 e. The van der Waals surface area contributed by atoms with Crippen LogP contribution < -0.4 is 35.3 Å². The van der Waals surface area contributed by atoms with Gasteiger partial charge in [0.1, 0.15) is 11.5 Å². The maximum absolute atomic E-state index is 11.2. The summed E-state index contributed by atoms with van der Waals surface area (Å²) in [5.74, 6) is 0.623. The van der Waals surface area contributed by atoms with Crippen molar-refractivity contribution in [2.45, 2.75) is 0 Å². The van der Waals surface area contributed by atoms with E-state index in [4.69, 9.17) is 10.2 Å². The van der Waals surface area contributed by atoms with E-state index in [0.29, 0.717) is 17.2 Å². The summed E-state index contributed by atoms with van der Waals surface area (Å²) in [7, 11) is 0. The summed E-state index contributed by atoms with van der Waals surface area (Å²) in [5.41, 5.74) is 7.18. The van der Waals surface area contributed by atoms with Gasteiger partial charge in [0.2, 0.25) is 0 Å². The molecule has 1 aromatic heterocycles. The van der Waals surface area contributed by atoms with Crippen LogP contribution in [-0.2, 0) is 4.79 Å². The summed E-state index contributed by atoms with van der Waals surface area (Å²) >= 11 is 0. The Balaban J connectivity index is 0.00000176. The number of hydrazone groups is 1. The normalized spacial score (nSPS) is 14.3. The van der Waals surface area contributed by atoms with Gasteiger partial charge in [-0.05, 0) is 36.4 Å². The molecule has 0 radical (unpaired) electrons. The molecule has 106 valence electrons. The zero-order valence-corrected chi connectivity index (χ0v) is 13.9. The number of urea groups is 1. The summed E-state index contributed by atoms with van der Waals surface area (Å²) in [6.07, 6.45) is 1.37. The Morgan fingerprint density at radius 1 is 1.18 bits per heavy atom. The summed E-state index contributed by atoms with van der Waals surface area (Å²) in [4.78, 5) is 22.2. The van der Waals surface area contributed by atoms with Crippen molar-refractivity contribution in [3.05, 3.63) is 47.5 Å². The first-order chi connectivity index (χ1) is 10.1. The molecule has 1 aliphatic heterocycles. The first kappa shape index (κ1) is 16.3. The quantitative estimate of drug-likeness (QED) is 0.347. The number of anilines is 1. The first-order valence-corrected chi connectivity index (χ1v) is 6.17. The minimum atomic E-state index is -0.665. The molecule has 8 heteroatoms. The van der Waals surface area contributed by atoms with Crippen LogP contribution in [0.15, 0.2) is 45.9 Å². The molecular formula is C14H11N4NaO3. The van der Waals surface area contributed by atoms with E-state index in [-0.39, 0.29) is 36.1 Å². The van der Waals surface area contributed by atoms with Crippen LogP contribution >= 0.6 is 0 Å². The van der Waals surface area contributed by atoms with Gasteiger partial charge in [-0.3, -0.25) is 14.7 Å². The van der Waals surface area contributed by atoms with Crippen molar-refractivity contribution in [3.63, 3.8) is 0 Å². The molecule has 2 aromatic rings. The molecule has 3 rings (SSSR count). The second-order valence-electron chi connectivity index (χ2n) is 4.41. The zero-order chi connectivity index (χ0) is 14.8. The van der Waals surface area contributed by atoms with Crippen molar-refractivity contribution in [2.75, 3.05) is 12.3 Å². The van der Waals surface area contributed by atoms with Crippen LogP contribution in [0.4, 0.5) is 10.5 Å². The minimum Gasteiger partial charge on any atom is -0.455 e. The number of hydrogen-bond donors (Lipinski definition) is 1. The molecule has 1 fully saturated rings. The smallest absolute Gasteiger partial charge is 0.455 e. The molecule has 0 aliphatic carbocycles.